The SMILES string of the molecule is CCCN(CC(=O)O)CC(=O)Nc1ccc(C)c(S(=O)(=O)N(C)C)c1. The first-order valence-corrected chi connectivity index (χ1v) is 9.29. The number of nitrogens with zero attached hydrogens (tertiary/aromatic N) is 2. The maximum absolute atomic E-state index is 12.3. The minimum absolute atomic E-state index is 0.0796. The van der Waals surface area contributed by atoms with Gasteiger partial charge in [0.2, 0.25) is 15.9 Å². The number of sulfonamides is 1. The Morgan fingerprint density at radius 3 is 2.36 bits per heavy atom. The molecule has 1 rings (SSSR count). The lowest BCUT2D eigenvalue weighted by atomic mass is 10.2. The van der Waals surface area contributed by atoms with Crippen molar-refractivity contribution in [1.29, 1.82) is 0 Å². The molecule has 1 amide bonds. The third-order valence-corrected chi connectivity index (χ3v) is 5.45. The number of aryl methyl sites for hydroxylation is 1. The van der Waals surface area contributed by atoms with Crippen molar-refractivity contribution in [2.24, 2.45) is 0 Å². The van der Waals surface area contributed by atoms with Crippen LogP contribution in [0, 0.1) is 6.92 Å². The van der Waals surface area contributed by atoms with Crippen molar-refractivity contribution in [1.82, 2.24) is 9.21 Å². The Hall–Kier alpha value is -1.97. The van der Waals surface area contributed by atoms with Crippen LogP contribution in [0.15, 0.2) is 23.1 Å². The molecule has 0 unspecified atom stereocenters. The summed E-state index contributed by atoms with van der Waals surface area (Å²) in [7, 11) is -0.741. The molecule has 1 aromatic carbocycles. The van der Waals surface area contributed by atoms with Crippen molar-refractivity contribution in [3.63, 3.8) is 0 Å². The second-order valence-corrected chi connectivity index (χ2v) is 8.04. The van der Waals surface area contributed by atoms with Crippen LogP contribution in [0.3, 0.4) is 0 Å². The molecule has 1 aromatic rings. The summed E-state index contributed by atoms with van der Waals surface area (Å²) in [6, 6.07) is 4.64. The van der Waals surface area contributed by atoms with Crippen LogP contribution in [0.4, 0.5) is 5.69 Å². The number of hydrogen-bond donors (Lipinski definition) is 2. The summed E-state index contributed by atoms with van der Waals surface area (Å²) in [6.45, 7) is 3.75. The van der Waals surface area contributed by atoms with Gasteiger partial charge in [0, 0.05) is 19.8 Å². The van der Waals surface area contributed by atoms with Gasteiger partial charge in [0.25, 0.3) is 0 Å². The highest BCUT2D eigenvalue weighted by molar-refractivity contribution is 7.89. The van der Waals surface area contributed by atoms with E-state index >= 15 is 0 Å². The fraction of sp³-hybridized carbons (Fsp3) is 0.500. The molecule has 0 radical (unpaired) electrons. The quantitative estimate of drug-likeness (QED) is 0.670. The van der Waals surface area contributed by atoms with Gasteiger partial charge in [-0.1, -0.05) is 13.0 Å². The number of carbonyl (C=O) groups is 2. The number of nitrogens with one attached hydrogen (secondary N) is 1. The number of anilines is 1. The molecular weight excluding hydrogens is 346 g/mol. The van der Waals surface area contributed by atoms with Crippen molar-refractivity contribution in [2.75, 3.05) is 39.0 Å². The van der Waals surface area contributed by atoms with E-state index in [2.05, 4.69) is 5.32 Å². The number of rotatable bonds is 9. The highest BCUT2D eigenvalue weighted by Gasteiger charge is 2.21. The van der Waals surface area contributed by atoms with Gasteiger partial charge in [-0.2, -0.15) is 0 Å². The molecule has 8 nitrogen and oxygen atoms in total. The van der Waals surface area contributed by atoms with E-state index in [1.807, 2.05) is 6.92 Å². The third-order valence-electron chi connectivity index (χ3n) is 3.50. The van der Waals surface area contributed by atoms with Crippen molar-refractivity contribution in [3.8, 4) is 0 Å². The lowest BCUT2D eigenvalue weighted by molar-refractivity contribution is -0.138. The predicted molar refractivity (Wildman–Crippen MR) is 95.0 cm³/mol. The molecule has 0 fully saturated rings. The smallest absolute Gasteiger partial charge is 0.317 e. The van der Waals surface area contributed by atoms with Gasteiger partial charge in [0.15, 0.2) is 0 Å². The van der Waals surface area contributed by atoms with E-state index in [0.717, 1.165) is 10.7 Å². The summed E-state index contributed by atoms with van der Waals surface area (Å²) in [6.07, 6.45) is 0.719. The zero-order chi connectivity index (χ0) is 19.2. The van der Waals surface area contributed by atoms with Gasteiger partial charge in [-0.15, -0.1) is 0 Å². The van der Waals surface area contributed by atoms with Gasteiger partial charge < -0.3 is 10.4 Å². The molecule has 0 spiro atoms. The van der Waals surface area contributed by atoms with E-state index in [0.29, 0.717) is 17.8 Å². The van der Waals surface area contributed by atoms with Gasteiger partial charge in [0.05, 0.1) is 18.0 Å². The van der Waals surface area contributed by atoms with Crippen molar-refractivity contribution >= 4 is 27.6 Å². The van der Waals surface area contributed by atoms with Crippen LogP contribution in [-0.2, 0) is 19.6 Å². The van der Waals surface area contributed by atoms with E-state index in [1.165, 1.54) is 25.1 Å². The molecular formula is C16H25N3O5S. The van der Waals surface area contributed by atoms with E-state index in [9.17, 15) is 18.0 Å². The second kappa shape index (κ2) is 8.93. The summed E-state index contributed by atoms with van der Waals surface area (Å²) < 4.78 is 25.7. The zero-order valence-electron chi connectivity index (χ0n) is 14.9. The fourth-order valence-corrected chi connectivity index (χ4v) is 3.42. The molecule has 0 heterocycles. The first kappa shape index (κ1) is 21.1. The Bertz CT molecular complexity index is 731. The van der Waals surface area contributed by atoms with E-state index in [-0.39, 0.29) is 18.0 Å². The highest BCUT2D eigenvalue weighted by atomic mass is 32.2. The molecule has 0 aromatic heterocycles. The first-order valence-electron chi connectivity index (χ1n) is 7.85. The minimum Gasteiger partial charge on any atom is -0.480 e. The third kappa shape index (κ3) is 6.11. The Kier molecular flexibility index (Phi) is 7.53. The summed E-state index contributed by atoms with van der Waals surface area (Å²) in [5.41, 5.74) is 0.924. The average Bonchev–Trinajstić information content (AvgIpc) is 2.48. The zero-order valence-corrected chi connectivity index (χ0v) is 15.8. The topological polar surface area (TPSA) is 107 Å². The van der Waals surface area contributed by atoms with Crippen LogP contribution < -0.4 is 5.32 Å². The molecule has 0 aliphatic heterocycles. The fourth-order valence-electron chi connectivity index (χ4n) is 2.28. The molecule has 0 aliphatic carbocycles. The monoisotopic (exact) mass is 371 g/mol. The van der Waals surface area contributed by atoms with Gasteiger partial charge in [-0.05, 0) is 37.6 Å². The second-order valence-electron chi connectivity index (χ2n) is 5.92. The number of hydrogen-bond acceptors (Lipinski definition) is 5. The number of aliphatic carboxylic acids is 1. The molecule has 0 saturated heterocycles. The summed E-state index contributed by atoms with van der Waals surface area (Å²) >= 11 is 0. The molecule has 0 atom stereocenters. The van der Waals surface area contributed by atoms with Crippen LogP contribution >= 0.6 is 0 Å². The van der Waals surface area contributed by atoms with Crippen LogP contribution in [0.2, 0.25) is 0 Å². The van der Waals surface area contributed by atoms with Gasteiger partial charge in [-0.3, -0.25) is 14.5 Å². The van der Waals surface area contributed by atoms with Crippen molar-refractivity contribution in [2.45, 2.75) is 25.2 Å². The van der Waals surface area contributed by atoms with E-state index < -0.39 is 21.9 Å². The molecule has 140 valence electrons. The summed E-state index contributed by atoms with van der Waals surface area (Å²) in [5, 5.41) is 11.5. The van der Waals surface area contributed by atoms with Crippen LogP contribution in [-0.4, -0.2) is 68.3 Å². The van der Waals surface area contributed by atoms with Gasteiger partial charge in [-0.25, -0.2) is 12.7 Å². The lowest BCUT2D eigenvalue weighted by Gasteiger charge is -2.19. The summed E-state index contributed by atoms with van der Waals surface area (Å²) in [5.74, 6) is -1.40. The number of carboxylic acid groups (broad SMARTS) is 1. The standard InChI is InChI=1S/C16H25N3O5S/c1-5-8-19(11-16(21)22)10-15(20)17-13-7-6-12(2)14(9-13)25(23,24)18(3)4/h6-7,9H,5,8,10-11H2,1-4H3,(H,17,20)(H,21,22). The molecule has 0 aliphatic rings. The van der Waals surface area contributed by atoms with Crippen LogP contribution in [0.5, 0.6) is 0 Å². The largest absolute Gasteiger partial charge is 0.480 e. The maximum atomic E-state index is 12.3. The number of carbonyl (C=O) groups excluding carboxylic acids is 1. The molecule has 9 heteroatoms. The molecule has 25 heavy (non-hydrogen) atoms. The number of benzene rings is 1. The Balaban J connectivity index is 2.93. The summed E-state index contributed by atoms with van der Waals surface area (Å²) in [4.78, 5) is 24.6. The molecule has 2 N–H and O–H groups in total. The van der Waals surface area contributed by atoms with Gasteiger partial charge >= 0.3 is 5.97 Å². The van der Waals surface area contributed by atoms with Crippen molar-refractivity contribution in [3.05, 3.63) is 23.8 Å². The Morgan fingerprint density at radius 1 is 1.20 bits per heavy atom. The number of amides is 1. The first-order chi connectivity index (χ1) is 11.6. The highest BCUT2D eigenvalue weighted by Crippen LogP contribution is 2.22. The molecule has 0 saturated carbocycles. The lowest BCUT2D eigenvalue weighted by Crippen LogP contribution is -2.37. The van der Waals surface area contributed by atoms with E-state index in [4.69, 9.17) is 5.11 Å². The van der Waals surface area contributed by atoms with Crippen LogP contribution in [0.25, 0.3) is 0 Å². The Labute approximate surface area is 148 Å². The average molecular weight is 371 g/mol. The maximum Gasteiger partial charge on any atom is 0.317 e. The Morgan fingerprint density at radius 2 is 1.84 bits per heavy atom. The van der Waals surface area contributed by atoms with Gasteiger partial charge in [0.1, 0.15) is 0 Å². The normalized spacial score (nSPS) is 11.8. The minimum atomic E-state index is -3.62. The molecule has 0 bridgehead atoms. The van der Waals surface area contributed by atoms with E-state index in [1.54, 1.807) is 19.1 Å². The number of carboxylic acids is 1. The predicted octanol–water partition coefficient (Wildman–Crippen LogP) is 0.980. The van der Waals surface area contributed by atoms with Crippen molar-refractivity contribution < 1.29 is 23.1 Å². The van der Waals surface area contributed by atoms with Crippen LogP contribution in [0.1, 0.15) is 18.9 Å².